The minimum absolute atomic E-state index is 0.00741. The summed E-state index contributed by atoms with van der Waals surface area (Å²) in [6, 6.07) is 4.78. The minimum Gasteiger partial charge on any atom is -0.450 e. The SMILES string of the molecule is Cc1c(C(=O)OCC(=O)N(C)[C@@H]2CCS(=O)(=O)C2)oc2c(Cl)cccc12. The van der Waals surface area contributed by atoms with Gasteiger partial charge in [0.15, 0.2) is 22.0 Å². The van der Waals surface area contributed by atoms with Crippen molar-refractivity contribution in [2.45, 2.75) is 19.4 Å². The lowest BCUT2D eigenvalue weighted by Gasteiger charge is -2.23. The van der Waals surface area contributed by atoms with Gasteiger partial charge in [-0.15, -0.1) is 0 Å². The van der Waals surface area contributed by atoms with Crippen LogP contribution in [-0.2, 0) is 19.4 Å². The van der Waals surface area contributed by atoms with Crippen LogP contribution < -0.4 is 0 Å². The molecule has 1 aromatic heterocycles. The molecule has 2 aromatic rings. The maximum absolute atomic E-state index is 12.3. The van der Waals surface area contributed by atoms with Gasteiger partial charge in [-0.05, 0) is 19.4 Å². The number of para-hydroxylation sites is 1. The van der Waals surface area contributed by atoms with Crippen molar-refractivity contribution in [1.29, 1.82) is 0 Å². The number of benzene rings is 1. The summed E-state index contributed by atoms with van der Waals surface area (Å²) in [4.78, 5) is 25.8. The molecule has 0 radical (unpaired) electrons. The highest BCUT2D eigenvalue weighted by Gasteiger charge is 2.33. The van der Waals surface area contributed by atoms with E-state index in [1.54, 1.807) is 25.1 Å². The molecule has 0 bridgehead atoms. The van der Waals surface area contributed by atoms with Crippen LogP contribution in [0.1, 0.15) is 22.5 Å². The van der Waals surface area contributed by atoms with Gasteiger partial charge >= 0.3 is 5.97 Å². The Morgan fingerprint density at radius 2 is 2.12 bits per heavy atom. The maximum Gasteiger partial charge on any atom is 0.375 e. The molecule has 1 aliphatic rings. The average molecular weight is 400 g/mol. The van der Waals surface area contributed by atoms with Gasteiger partial charge in [0.2, 0.25) is 5.76 Å². The van der Waals surface area contributed by atoms with Gasteiger partial charge in [-0.25, -0.2) is 13.2 Å². The summed E-state index contributed by atoms with van der Waals surface area (Å²) < 4.78 is 33.6. The molecule has 1 fully saturated rings. The molecule has 7 nitrogen and oxygen atoms in total. The Morgan fingerprint density at radius 1 is 1.38 bits per heavy atom. The molecule has 2 heterocycles. The van der Waals surface area contributed by atoms with Crippen molar-refractivity contribution in [3.63, 3.8) is 0 Å². The number of aryl methyl sites for hydroxylation is 1. The summed E-state index contributed by atoms with van der Waals surface area (Å²) in [5.41, 5.74) is 0.966. The largest absolute Gasteiger partial charge is 0.450 e. The Hall–Kier alpha value is -2.06. The molecule has 140 valence electrons. The molecule has 9 heteroatoms. The van der Waals surface area contributed by atoms with Crippen molar-refractivity contribution < 1.29 is 27.2 Å². The van der Waals surface area contributed by atoms with E-state index in [0.717, 1.165) is 0 Å². The van der Waals surface area contributed by atoms with Crippen molar-refractivity contribution in [3.05, 3.63) is 34.5 Å². The molecule has 0 N–H and O–H groups in total. The third kappa shape index (κ3) is 3.57. The van der Waals surface area contributed by atoms with E-state index in [0.29, 0.717) is 28.0 Å². The van der Waals surface area contributed by atoms with Crippen LogP contribution in [0.2, 0.25) is 5.02 Å². The van der Waals surface area contributed by atoms with Gasteiger partial charge in [0, 0.05) is 24.0 Å². The Kier molecular flexibility index (Phi) is 4.98. The Labute approximate surface area is 155 Å². The Morgan fingerprint density at radius 3 is 2.73 bits per heavy atom. The zero-order valence-corrected chi connectivity index (χ0v) is 15.9. The van der Waals surface area contributed by atoms with Crippen molar-refractivity contribution in [3.8, 4) is 0 Å². The van der Waals surface area contributed by atoms with E-state index in [1.165, 1.54) is 11.9 Å². The number of halogens is 1. The smallest absolute Gasteiger partial charge is 0.375 e. The van der Waals surface area contributed by atoms with E-state index in [4.69, 9.17) is 20.8 Å². The summed E-state index contributed by atoms with van der Waals surface area (Å²) in [7, 11) is -1.59. The molecule has 0 spiro atoms. The standard InChI is InChI=1S/C17H18ClNO6S/c1-10-12-4-3-5-13(18)16(12)25-15(10)17(21)24-8-14(20)19(2)11-6-7-26(22,23)9-11/h3-5,11H,6-9H2,1-2H3/t11-/m1/s1. The van der Waals surface area contributed by atoms with Crippen LogP contribution in [0, 0.1) is 6.92 Å². The highest BCUT2D eigenvalue weighted by Crippen LogP contribution is 2.31. The number of fused-ring (bicyclic) bond motifs is 1. The van der Waals surface area contributed by atoms with Gasteiger partial charge in [0.1, 0.15) is 0 Å². The molecule has 1 aromatic carbocycles. The summed E-state index contributed by atoms with van der Waals surface area (Å²) in [5, 5.41) is 1.08. The zero-order chi connectivity index (χ0) is 19.1. The van der Waals surface area contributed by atoms with E-state index < -0.39 is 34.4 Å². The average Bonchev–Trinajstić information content (AvgIpc) is 3.13. The van der Waals surface area contributed by atoms with Crippen molar-refractivity contribution in [1.82, 2.24) is 4.90 Å². The number of carbonyl (C=O) groups excluding carboxylic acids is 2. The van der Waals surface area contributed by atoms with Crippen LogP contribution in [0.15, 0.2) is 22.6 Å². The first-order valence-corrected chi connectivity index (χ1v) is 10.2. The lowest BCUT2D eigenvalue weighted by atomic mass is 10.1. The predicted octanol–water partition coefficient (Wildman–Crippen LogP) is 2.20. The lowest BCUT2D eigenvalue weighted by molar-refractivity contribution is -0.134. The first kappa shape index (κ1) is 18.7. The van der Waals surface area contributed by atoms with Gasteiger partial charge in [0.25, 0.3) is 5.91 Å². The van der Waals surface area contributed by atoms with Crippen molar-refractivity contribution >= 4 is 44.3 Å². The molecule has 0 aliphatic carbocycles. The molecule has 0 unspecified atom stereocenters. The molecule has 1 atom stereocenters. The summed E-state index contributed by atoms with van der Waals surface area (Å²) >= 11 is 6.06. The van der Waals surface area contributed by atoms with Crippen LogP contribution in [0.4, 0.5) is 0 Å². The zero-order valence-electron chi connectivity index (χ0n) is 14.3. The summed E-state index contributed by atoms with van der Waals surface area (Å²) in [6.45, 7) is 1.21. The van der Waals surface area contributed by atoms with Crippen LogP contribution in [0.3, 0.4) is 0 Å². The number of likely N-dealkylation sites (N-methyl/N-ethyl adjacent to an activating group) is 1. The van der Waals surface area contributed by atoms with Gasteiger partial charge in [-0.3, -0.25) is 4.79 Å². The number of hydrogen-bond donors (Lipinski definition) is 0. The first-order valence-electron chi connectivity index (χ1n) is 8.00. The number of hydrogen-bond acceptors (Lipinski definition) is 6. The number of esters is 1. The second-order valence-corrected chi connectivity index (χ2v) is 8.95. The number of nitrogens with zero attached hydrogens (tertiary/aromatic N) is 1. The fraction of sp³-hybridized carbons (Fsp3) is 0.412. The highest BCUT2D eigenvalue weighted by molar-refractivity contribution is 7.91. The lowest BCUT2D eigenvalue weighted by Crippen LogP contribution is -2.40. The minimum atomic E-state index is -3.10. The van der Waals surface area contributed by atoms with Crippen molar-refractivity contribution in [2.75, 3.05) is 25.2 Å². The third-order valence-electron chi connectivity index (χ3n) is 4.58. The van der Waals surface area contributed by atoms with E-state index in [-0.39, 0.29) is 17.3 Å². The highest BCUT2D eigenvalue weighted by atomic mass is 35.5. The maximum atomic E-state index is 12.3. The van der Waals surface area contributed by atoms with Gasteiger partial charge < -0.3 is 14.1 Å². The van der Waals surface area contributed by atoms with Crippen LogP contribution >= 0.6 is 11.6 Å². The molecule has 1 amide bonds. The van der Waals surface area contributed by atoms with Crippen LogP contribution in [0.25, 0.3) is 11.0 Å². The van der Waals surface area contributed by atoms with Crippen molar-refractivity contribution in [2.24, 2.45) is 0 Å². The molecule has 0 saturated carbocycles. The van der Waals surface area contributed by atoms with Crippen LogP contribution in [-0.4, -0.2) is 56.4 Å². The number of furan rings is 1. The number of ether oxygens (including phenoxy) is 1. The predicted molar refractivity (Wildman–Crippen MR) is 96.1 cm³/mol. The fourth-order valence-electron chi connectivity index (χ4n) is 2.98. The molecular weight excluding hydrogens is 382 g/mol. The monoisotopic (exact) mass is 399 g/mol. The van der Waals surface area contributed by atoms with Gasteiger partial charge in [-0.2, -0.15) is 0 Å². The molecule has 26 heavy (non-hydrogen) atoms. The first-order chi connectivity index (χ1) is 12.2. The number of carbonyl (C=O) groups is 2. The molecule has 1 aliphatic heterocycles. The van der Waals surface area contributed by atoms with E-state index in [1.807, 2.05) is 0 Å². The normalized spacial score (nSPS) is 18.8. The summed E-state index contributed by atoms with van der Waals surface area (Å²) in [5.74, 6) is -1.24. The fourth-order valence-corrected chi connectivity index (χ4v) is 4.97. The molecule has 1 saturated heterocycles. The molecule has 3 rings (SSSR count). The second kappa shape index (κ2) is 6.92. The van der Waals surface area contributed by atoms with Crippen LogP contribution in [0.5, 0.6) is 0 Å². The van der Waals surface area contributed by atoms with Gasteiger partial charge in [0.05, 0.1) is 16.5 Å². The topological polar surface area (TPSA) is 93.9 Å². The van der Waals surface area contributed by atoms with E-state index >= 15 is 0 Å². The Bertz CT molecular complexity index is 981. The number of rotatable bonds is 4. The van der Waals surface area contributed by atoms with Gasteiger partial charge in [-0.1, -0.05) is 23.7 Å². The number of amides is 1. The molecular formula is C17H18ClNO6S. The summed E-state index contributed by atoms with van der Waals surface area (Å²) in [6.07, 6.45) is 0.389. The second-order valence-electron chi connectivity index (χ2n) is 6.31. The van der Waals surface area contributed by atoms with E-state index in [9.17, 15) is 18.0 Å². The number of sulfone groups is 1. The quantitative estimate of drug-likeness (QED) is 0.731. The third-order valence-corrected chi connectivity index (χ3v) is 6.63. The van der Waals surface area contributed by atoms with E-state index in [2.05, 4.69) is 0 Å². The Balaban J connectivity index is 1.66.